The van der Waals surface area contributed by atoms with Crippen LogP contribution in [-0.4, -0.2) is 34.0 Å². The highest BCUT2D eigenvalue weighted by molar-refractivity contribution is 6.03. The maximum Gasteiger partial charge on any atom is 0.231 e. The van der Waals surface area contributed by atoms with Crippen LogP contribution in [0.2, 0.25) is 0 Å². The molecule has 0 radical (unpaired) electrons. The number of halogens is 1. The minimum Gasteiger partial charge on any atom is -0.436 e. The molecule has 0 spiro atoms. The van der Waals surface area contributed by atoms with E-state index >= 15 is 0 Å². The summed E-state index contributed by atoms with van der Waals surface area (Å²) >= 11 is 0. The summed E-state index contributed by atoms with van der Waals surface area (Å²) in [5.41, 5.74) is 1.73. The molecular formula is C20H16FN5O2. The molecule has 3 heterocycles. The van der Waals surface area contributed by atoms with Gasteiger partial charge in [0.05, 0.1) is 11.5 Å². The molecule has 7 nitrogen and oxygen atoms in total. The number of anilines is 2. The van der Waals surface area contributed by atoms with E-state index in [9.17, 15) is 9.18 Å². The van der Waals surface area contributed by atoms with Crippen molar-refractivity contribution < 1.29 is 17.7 Å². The van der Waals surface area contributed by atoms with Gasteiger partial charge in [0.25, 0.3) is 0 Å². The van der Waals surface area contributed by atoms with Crippen LogP contribution in [0.5, 0.6) is 0 Å². The maximum absolute atomic E-state index is 13.2. The first-order chi connectivity index (χ1) is 14.8. The molecule has 2 unspecified atom stereocenters. The lowest BCUT2D eigenvalue weighted by atomic mass is 10.1. The van der Waals surface area contributed by atoms with Crippen molar-refractivity contribution in [1.82, 2.24) is 15.0 Å². The van der Waals surface area contributed by atoms with Gasteiger partial charge in [0, 0.05) is 34.3 Å². The Morgan fingerprint density at radius 3 is 2.93 bits per heavy atom. The van der Waals surface area contributed by atoms with Crippen molar-refractivity contribution >= 4 is 39.4 Å². The van der Waals surface area contributed by atoms with Crippen LogP contribution in [0.15, 0.2) is 47.1 Å². The van der Waals surface area contributed by atoms with Crippen molar-refractivity contribution in [2.24, 2.45) is 5.92 Å². The molecule has 2 N–H and O–H groups in total. The number of aromatic nitrogens is 3. The molecule has 8 heteroatoms. The number of pyridine rings is 2. The summed E-state index contributed by atoms with van der Waals surface area (Å²) in [7, 11) is 0. The molecule has 0 aliphatic heterocycles. The van der Waals surface area contributed by atoms with E-state index in [2.05, 4.69) is 25.6 Å². The minimum absolute atomic E-state index is 0.103. The summed E-state index contributed by atoms with van der Waals surface area (Å²) in [4.78, 5) is 25.0. The summed E-state index contributed by atoms with van der Waals surface area (Å²) in [6.07, 6.45) is 1.92. The molecule has 2 atom stereocenters. The molecule has 140 valence electrons. The van der Waals surface area contributed by atoms with E-state index in [1.807, 2.05) is 12.1 Å². The summed E-state index contributed by atoms with van der Waals surface area (Å²) < 4.78 is 41.5. The molecule has 1 fully saturated rings. The molecule has 1 amide bonds. The molecule has 5 rings (SSSR count). The normalized spacial score (nSPS) is 20.4. The number of carbonyl (C=O) groups excluding carboxylic acids is 1. The van der Waals surface area contributed by atoms with E-state index < -0.39 is 25.0 Å². The van der Waals surface area contributed by atoms with Gasteiger partial charge >= 0.3 is 0 Å². The van der Waals surface area contributed by atoms with Crippen molar-refractivity contribution in [1.29, 1.82) is 0 Å². The second kappa shape index (κ2) is 6.26. The maximum atomic E-state index is 13.2. The number of hydrogen-bond donors (Lipinski definition) is 2. The Balaban J connectivity index is 1.63. The van der Waals surface area contributed by atoms with Crippen molar-refractivity contribution in [2.45, 2.75) is 12.6 Å². The lowest BCUT2D eigenvalue weighted by Crippen LogP contribution is -2.15. The lowest BCUT2D eigenvalue weighted by Gasteiger charge is -2.10. The molecule has 1 aromatic carbocycles. The second-order valence-electron chi connectivity index (χ2n) is 6.59. The van der Waals surface area contributed by atoms with E-state index in [4.69, 9.17) is 8.53 Å². The SMILES string of the molecule is [2H]C([2H])([2H])Nc1ncc(-c2nc3ccccc3o2)c2cc(NC(=O)C3CC3F)ncc12. The minimum atomic E-state index is -2.46. The summed E-state index contributed by atoms with van der Waals surface area (Å²) in [6.45, 7) is -2.46. The van der Waals surface area contributed by atoms with Gasteiger partial charge in [-0.1, -0.05) is 12.1 Å². The predicted octanol–water partition coefficient (Wildman–Crippen LogP) is 3.78. The van der Waals surface area contributed by atoms with Crippen molar-refractivity contribution in [3.63, 3.8) is 0 Å². The Hall–Kier alpha value is -3.55. The van der Waals surface area contributed by atoms with Crippen LogP contribution < -0.4 is 10.6 Å². The second-order valence-corrected chi connectivity index (χ2v) is 6.59. The number of alkyl halides is 1. The number of oxazole rings is 1. The van der Waals surface area contributed by atoms with Crippen LogP contribution in [0.1, 0.15) is 10.5 Å². The van der Waals surface area contributed by atoms with Crippen molar-refractivity contribution in [2.75, 3.05) is 17.6 Å². The average Bonchev–Trinajstić information content (AvgIpc) is 3.29. The number of hydrogen-bond acceptors (Lipinski definition) is 6. The van der Waals surface area contributed by atoms with Crippen molar-refractivity contribution in [3.05, 3.63) is 42.7 Å². The molecule has 0 saturated heterocycles. The quantitative estimate of drug-likeness (QED) is 0.560. The number of para-hydroxylation sites is 2. The Labute approximate surface area is 163 Å². The number of fused-ring (bicyclic) bond motifs is 2. The van der Waals surface area contributed by atoms with E-state index in [-0.39, 0.29) is 23.9 Å². The van der Waals surface area contributed by atoms with Crippen LogP contribution >= 0.6 is 0 Å². The van der Waals surface area contributed by atoms with Gasteiger partial charge in [0.15, 0.2) is 5.58 Å². The third-order valence-corrected chi connectivity index (χ3v) is 4.72. The largest absolute Gasteiger partial charge is 0.436 e. The van der Waals surface area contributed by atoms with Gasteiger partial charge in [0.1, 0.15) is 23.3 Å². The standard InChI is InChI=1S/C20H16FN5O2/c1-22-18-12-8-23-17(26-19(27)11-6-14(11)21)7-10(12)13(9-24-18)20-25-15-4-2-3-5-16(15)28-20/h2-5,7-9,11,14H,6H2,1H3,(H,22,24)(H,23,26,27)/i1D3. The first kappa shape index (κ1) is 13.6. The molecule has 1 aliphatic carbocycles. The molecule has 28 heavy (non-hydrogen) atoms. The van der Waals surface area contributed by atoms with Gasteiger partial charge in [-0.3, -0.25) is 4.79 Å². The monoisotopic (exact) mass is 380 g/mol. The third-order valence-electron chi connectivity index (χ3n) is 4.72. The topological polar surface area (TPSA) is 92.9 Å². The van der Waals surface area contributed by atoms with Crippen LogP contribution in [0, 0.1) is 5.92 Å². The predicted molar refractivity (Wildman–Crippen MR) is 104 cm³/mol. The zero-order valence-corrected chi connectivity index (χ0v) is 14.4. The number of nitrogens with one attached hydrogen (secondary N) is 2. The van der Waals surface area contributed by atoms with Crippen LogP contribution in [-0.2, 0) is 4.79 Å². The smallest absolute Gasteiger partial charge is 0.231 e. The molecule has 1 aliphatic rings. The van der Waals surface area contributed by atoms with E-state index in [1.54, 1.807) is 18.2 Å². The Morgan fingerprint density at radius 2 is 2.14 bits per heavy atom. The first-order valence-corrected chi connectivity index (χ1v) is 8.66. The molecule has 0 bridgehead atoms. The molecular weight excluding hydrogens is 361 g/mol. The summed E-state index contributed by atoms with van der Waals surface area (Å²) in [5.74, 6) is -0.517. The van der Waals surface area contributed by atoms with E-state index in [0.29, 0.717) is 27.4 Å². The molecule has 4 aromatic rings. The molecule has 1 saturated carbocycles. The van der Waals surface area contributed by atoms with Crippen LogP contribution in [0.25, 0.3) is 33.3 Å². The van der Waals surface area contributed by atoms with Gasteiger partial charge in [-0.25, -0.2) is 19.3 Å². The summed E-state index contributed by atoms with van der Waals surface area (Å²) in [5, 5.41) is 5.92. The van der Waals surface area contributed by atoms with E-state index in [1.165, 1.54) is 12.4 Å². The van der Waals surface area contributed by atoms with Gasteiger partial charge in [0.2, 0.25) is 11.8 Å². The number of amides is 1. The highest BCUT2D eigenvalue weighted by Crippen LogP contribution is 2.36. The van der Waals surface area contributed by atoms with Gasteiger partial charge in [-0.05, 0) is 24.6 Å². The van der Waals surface area contributed by atoms with Gasteiger partial charge in [-0.2, -0.15) is 0 Å². The molecule has 3 aromatic heterocycles. The first-order valence-electron chi connectivity index (χ1n) is 10.2. The van der Waals surface area contributed by atoms with Gasteiger partial charge < -0.3 is 15.1 Å². The van der Waals surface area contributed by atoms with Crippen molar-refractivity contribution in [3.8, 4) is 11.5 Å². The third kappa shape index (κ3) is 2.74. The number of benzene rings is 1. The highest BCUT2D eigenvalue weighted by atomic mass is 19.1. The Kier molecular flexibility index (Phi) is 3.04. The Bertz CT molecular complexity index is 1290. The van der Waals surface area contributed by atoms with Crippen LogP contribution in [0.3, 0.4) is 0 Å². The number of rotatable bonds is 4. The summed E-state index contributed by atoms with van der Waals surface area (Å²) in [6, 6.07) is 8.81. The Morgan fingerprint density at radius 1 is 1.29 bits per heavy atom. The average molecular weight is 380 g/mol. The zero-order chi connectivity index (χ0) is 21.8. The highest BCUT2D eigenvalue weighted by Gasteiger charge is 2.43. The fourth-order valence-corrected chi connectivity index (χ4v) is 3.12. The number of nitrogens with zero attached hydrogens (tertiary/aromatic N) is 3. The fourth-order valence-electron chi connectivity index (χ4n) is 3.12. The lowest BCUT2D eigenvalue weighted by molar-refractivity contribution is -0.117. The van der Waals surface area contributed by atoms with E-state index in [0.717, 1.165) is 0 Å². The van der Waals surface area contributed by atoms with Crippen LogP contribution in [0.4, 0.5) is 16.0 Å². The zero-order valence-electron chi connectivity index (χ0n) is 17.4. The number of carbonyl (C=O) groups is 1. The van der Waals surface area contributed by atoms with Gasteiger partial charge in [-0.15, -0.1) is 0 Å². The fraction of sp³-hybridized carbons (Fsp3) is 0.200.